The van der Waals surface area contributed by atoms with Gasteiger partial charge in [0.2, 0.25) is 5.91 Å². The Bertz CT molecular complexity index is 1160. The molecule has 0 spiro atoms. The lowest BCUT2D eigenvalue weighted by Gasteiger charge is -2.18. The molecule has 1 atom stereocenters. The van der Waals surface area contributed by atoms with Crippen molar-refractivity contribution < 1.29 is 13.9 Å². The van der Waals surface area contributed by atoms with Crippen LogP contribution in [0.2, 0.25) is 0 Å². The Morgan fingerprint density at radius 1 is 1.00 bits per heavy atom. The number of rotatable bonds is 8. The van der Waals surface area contributed by atoms with Crippen LogP contribution in [-0.4, -0.2) is 18.0 Å². The molecule has 1 N–H and O–H groups in total. The molecule has 0 bridgehead atoms. The predicted octanol–water partition coefficient (Wildman–Crippen LogP) is 6.14. The van der Waals surface area contributed by atoms with Gasteiger partial charge in [0, 0.05) is 29.5 Å². The van der Waals surface area contributed by atoms with Gasteiger partial charge in [-0.15, -0.1) is 0 Å². The van der Waals surface area contributed by atoms with E-state index < -0.39 is 0 Å². The minimum absolute atomic E-state index is 0.0632. The highest BCUT2D eigenvalue weighted by Crippen LogP contribution is 2.33. The number of ether oxygens (including phenoxy) is 1. The molecule has 3 aromatic carbocycles. The van der Waals surface area contributed by atoms with Crippen molar-refractivity contribution in [3.8, 4) is 28.3 Å². The molecule has 0 saturated carbocycles. The molecule has 4 aromatic rings. The average molecular weight is 441 g/mol. The van der Waals surface area contributed by atoms with Crippen molar-refractivity contribution >= 4 is 5.91 Å². The molecular formula is C28H28N2O3. The van der Waals surface area contributed by atoms with Crippen LogP contribution in [0.15, 0.2) is 83.3 Å². The number of carbonyl (C=O) groups excluding carboxylic acids is 1. The molecule has 168 valence electrons. The highest BCUT2D eigenvalue weighted by atomic mass is 16.5. The Kier molecular flexibility index (Phi) is 6.89. The first-order valence-corrected chi connectivity index (χ1v) is 11.1. The third-order valence-corrected chi connectivity index (χ3v) is 5.55. The van der Waals surface area contributed by atoms with Crippen molar-refractivity contribution in [1.29, 1.82) is 0 Å². The summed E-state index contributed by atoms with van der Waals surface area (Å²) in [7, 11) is 1.64. The fourth-order valence-corrected chi connectivity index (χ4v) is 3.85. The summed E-state index contributed by atoms with van der Waals surface area (Å²) in [5, 5.41) is 3.06. The first kappa shape index (κ1) is 22.3. The first-order valence-electron chi connectivity index (χ1n) is 11.1. The molecule has 1 unspecified atom stereocenters. The molecule has 0 aliphatic carbocycles. The van der Waals surface area contributed by atoms with Crippen LogP contribution < -0.4 is 10.1 Å². The number of oxazole rings is 1. The molecular weight excluding hydrogens is 412 g/mol. The van der Waals surface area contributed by atoms with E-state index in [0.717, 1.165) is 39.5 Å². The van der Waals surface area contributed by atoms with Gasteiger partial charge in [0.05, 0.1) is 13.2 Å². The summed E-state index contributed by atoms with van der Waals surface area (Å²) in [5.41, 5.74) is 4.80. The summed E-state index contributed by atoms with van der Waals surface area (Å²) >= 11 is 0. The number of benzene rings is 3. The van der Waals surface area contributed by atoms with E-state index >= 15 is 0 Å². The standard InChI is InChI=1S/C28H28N2O3/c1-19-14-15-24(32-3)23(18-19)20(2)29-25(31)16-17-26-30-27(21-10-6-4-7-11-21)28(33-26)22-12-8-5-9-13-22/h4-15,18,20H,16-17H2,1-3H3,(H,29,31). The van der Waals surface area contributed by atoms with Crippen LogP contribution in [0.3, 0.4) is 0 Å². The van der Waals surface area contributed by atoms with Crippen LogP contribution in [0.1, 0.15) is 36.4 Å². The number of aryl methyl sites for hydroxylation is 2. The molecule has 0 aliphatic heterocycles. The molecule has 4 rings (SSSR count). The molecule has 33 heavy (non-hydrogen) atoms. The fraction of sp³-hybridized carbons (Fsp3) is 0.214. The highest BCUT2D eigenvalue weighted by Gasteiger charge is 2.19. The topological polar surface area (TPSA) is 64.4 Å². The van der Waals surface area contributed by atoms with Crippen molar-refractivity contribution in [3.63, 3.8) is 0 Å². The van der Waals surface area contributed by atoms with Crippen LogP contribution in [0.5, 0.6) is 5.75 Å². The summed E-state index contributed by atoms with van der Waals surface area (Å²) < 4.78 is 11.6. The predicted molar refractivity (Wildman–Crippen MR) is 130 cm³/mol. The Balaban J connectivity index is 1.49. The van der Waals surface area contributed by atoms with E-state index in [1.54, 1.807) is 7.11 Å². The Morgan fingerprint density at radius 3 is 2.33 bits per heavy atom. The van der Waals surface area contributed by atoms with E-state index in [1.807, 2.05) is 92.7 Å². The van der Waals surface area contributed by atoms with Gasteiger partial charge >= 0.3 is 0 Å². The van der Waals surface area contributed by atoms with Crippen LogP contribution in [0, 0.1) is 6.92 Å². The van der Waals surface area contributed by atoms with Gasteiger partial charge < -0.3 is 14.5 Å². The van der Waals surface area contributed by atoms with Gasteiger partial charge in [-0.3, -0.25) is 4.79 Å². The number of hydrogen-bond acceptors (Lipinski definition) is 4. The second-order valence-corrected chi connectivity index (χ2v) is 8.05. The highest BCUT2D eigenvalue weighted by molar-refractivity contribution is 5.78. The number of methoxy groups -OCH3 is 1. The molecule has 5 nitrogen and oxygen atoms in total. The molecule has 0 aliphatic rings. The van der Waals surface area contributed by atoms with E-state index in [4.69, 9.17) is 14.1 Å². The number of hydrogen-bond donors (Lipinski definition) is 1. The Labute approximate surface area is 194 Å². The molecule has 1 heterocycles. The maximum Gasteiger partial charge on any atom is 0.220 e. The normalized spacial score (nSPS) is 11.7. The van der Waals surface area contributed by atoms with Crippen molar-refractivity contribution in [2.45, 2.75) is 32.7 Å². The van der Waals surface area contributed by atoms with E-state index in [2.05, 4.69) is 5.32 Å². The lowest BCUT2D eigenvalue weighted by Crippen LogP contribution is -2.27. The third-order valence-electron chi connectivity index (χ3n) is 5.55. The van der Waals surface area contributed by atoms with Crippen molar-refractivity contribution in [2.24, 2.45) is 0 Å². The minimum atomic E-state index is -0.170. The number of nitrogens with one attached hydrogen (secondary N) is 1. The zero-order valence-electron chi connectivity index (χ0n) is 19.2. The van der Waals surface area contributed by atoms with Gasteiger partial charge in [-0.1, -0.05) is 78.4 Å². The maximum absolute atomic E-state index is 12.7. The van der Waals surface area contributed by atoms with Crippen molar-refractivity contribution in [2.75, 3.05) is 7.11 Å². The molecule has 1 aromatic heterocycles. The lowest BCUT2D eigenvalue weighted by molar-refractivity contribution is -0.121. The number of amides is 1. The van der Waals surface area contributed by atoms with E-state index in [9.17, 15) is 4.79 Å². The molecule has 1 amide bonds. The van der Waals surface area contributed by atoms with Gasteiger partial charge in [0.25, 0.3) is 0 Å². The monoisotopic (exact) mass is 440 g/mol. The van der Waals surface area contributed by atoms with Gasteiger partial charge in [-0.2, -0.15) is 0 Å². The summed E-state index contributed by atoms with van der Waals surface area (Å²) in [6.45, 7) is 3.98. The zero-order chi connectivity index (χ0) is 23.2. The summed E-state index contributed by atoms with van der Waals surface area (Å²) in [6.07, 6.45) is 0.692. The Morgan fingerprint density at radius 2 is 1.67 bits per heavy atom. The van der Waals surface area contributed by atoms with Crippen molar-refractivity contribution in [3.05, 3.63) is 95.9 Å². The fourth-order valence-electron chi connectivity index (χ4n) is 3.85. The number of aromatic nitrogens is 1. The first-order chi connectivity index (χ1) is 16.0. The van der Waals surface area contributed by atoms with Crippen molar-refractivity contribution in [1.82, 2.24) is 10.3 Å². The van der Waals surface area contributed by atoms with E-state index in [0.29, 0.717) is 12.3 Å². The van der Waals surface area contributed by atoms with Gasteiger partial charge in [-0.25, -0.2) is 4.98 Å². The quantitative estimate of drug-likeness (QED) is 0.358. The van der Waals surface area contributed by atoms with Crippen LogP contribution in [0.4, 0.5) is 0 Å². The second-order valence-electron chi connectivity index (χ2n) is 8.05. The number of carbonyl (C=O) groups is 1. The van der Waals surface area contributed by atoms with Crippen LogP contribution in [-0.2, 0) is 11.2 Å². The molecule has 0 fully saturated rings. The van der Waals surface area contributed by atoms with Gasteiger partial charge in [-0.05, 0) is 19.9 Å². The van der Waals surface area contributed by atoms with E-state index in [-0.39, 0.29) is 18.4 Å². The molecule has 0 saturated heterocycles. The van der Waals surface area contributed by atoms with Crippen LogP contribution >= 0.6 is 0 Å². The third kappa shape index (κ3) is 5.32. The summed E-state index contributed by atoms with van der Waals surface area (Å²) in [6, 6.07) is 25.7. The van der Waals surface area contributed by atoms with E-state index in [1.165, 1.54) is 0 Å². The minimum Gasteiger partial charge on any atom is -0.496 e. The smallest absolute Gasteiger partial charge is 0.220 e. The number of nitrogens with zero attached hydrogens (tertiary/aromatic N) is 1. The summed E-state index contributed by atoms with van der Waals surface area (Å²) in [5.74, 6) is 1.96. The molecule has 0 radical (unpaired) electrons. The van der Waals surface area contributed by atoms with Crippen LogP contribution in [0.25, 0.3) is 22.6 Å². The Hall–Kier alpha value is -3.86. The second kappa shape index (κ2) is 10.2. The largest absolute Gasteiger partial charge is 0.496 e. The zero-order valence-corrected chi connectivity index (χ0v) is 19.2. The SMILES string of the molecule is COc1ccc(C)cc1C(C)NC(=O)CCc1nc(-c2ccccc2)c(-c2ccccc2)o1. The summed E-state index contributed by atoms with van der Waals surface area (Å²) in [4.78, 5) is 17.4. The van der Waals surface area contributed by atoms with Gasteiger partial charge in [0.1, 0.15) is 11.4 Å². The average Bonchev–Trinajstić information content (AvgIpc) is 3.28. The lowest BCUT2D eigenvalue weighted by atomic mass is 10.0. The van der Waals surface area contributed by atoms with Gasteiger partial charge in [0.15, 0.2) is 11.7 Å². The molecule has 5 heteroatoms. The maximum atomic E-state index is 12.7.